The molecule has 0 fully saturated rings. The summed E-state index contributed by atoms with van der Waals surface area (Å²) < 4.78 is 4.09. The molecule has 0 saturated heterocycles. The zero-order chi connectivity index (χ0) is 12.4. The molecule has 0 aliphatic rings. The van der Waals surface area contributed by atoms with Gasteiger partial charge in [0.05, 0.1) is 12.2 Å². The van der Waals surface area contributed by atoms with Crippen molar-refractivity contribution in [3.05, 3.63) is 42.0 Å². The first-order chi connectivity index (χ1) is 8.06. The Hall–Kier alpha value is -1.55. The van der Waals surface area contributed by atoms with E-state index in [9.17, 15) is 0 Å². The van der Waals surface area contributed by atoms with Crippen LogP contribution in [0.3, 0.4) is 0 Å². The molecule has 0 aliphatic heterocycles. The van der Waals surface area contributed by atoms with Crippen LogP contribution in [-0.2, 0) is 6.54 Å². The minimum atomic E-state index is 0.0875. The Labute approximate surface area is 102 Å². The summed E-state index contributed by atoms with van der Waals surface area (Å²) in [5.74, 6) is 0. The lowest BCUT2D eigenvalue weighted by Crippen LogP contribution is -2.05. The van der Waals surface area contributed by atoms with Crippen molar-refractivity contribution in [1.29, 1.82) is 0 Å². The molecular weight excluding hydrogens is 212 g/mol. The minimum Gasteiger partial charge on any atom is -0.348 e. The normalized spacial score (nSPS) is 13.2. The van der Waals surface area contributed by atoms with Gasteiger partial charge in [-0.25, -0.2) is 0 Å². The predicted octanol–water partition coefficient (Wildman–Crippen LogP) is 2.33. The number of hydrogen-bond donors (Lipinski definition) is 1. The largest absolute Gasteiger partial charge is 0.348 e. The molecule has 0 amide bonds. The average Bonchev–Trinajstić information content (AvgIpc) is 2.87. The highest BCUT2D eigenvalue weighted by Crippen LogP contribution is 2.11. The quantitative estimate of drug-likeness (QED) is 0.879. The third kappa shape index (κ3) is 2.77. The highest BCUT2D eigenvalue weighted by molar-refractivity contribution is 5.15. The summed E-state index contributed by atoms with van der Waals surface area (Å²) in [6.45, 7) is 7.04. The smallest absolute Gasteiger partial charge is 0.0821 e. The van der Waals surface area contributed by atoms with E-state index in [0.29, 0.717) is 6.04 Å². The first-order valence-corrected chi connectivity index (χ1v) is 6.01. The molecule has 1 atom stereocenters. The fourth-order valence-corrected chi connectivity index (χ4v) is 1.76. The molecule has 2 aromatic heterocycles. The van der Waals surface area contributed by atoms with Gasteiger partial charge in [0.15, 0.2) is 0 Å². The fourth-order valence-electron chi connectivity index (χ4n) is 1.76. The Morgan fingerprint density at radius 1 is 1.24 bits per heavy atom. The van der Waals surface area contributed by atoms with Crippen molar-refractivity contribution in [2.24, 2.45) is 5.73 Å². The lowest BCUT2D eigenvalue weighted by molar-refractivity contribution is 0.524. The van der Waals surface area contributed by atoms with Crippen LogP contribution in [0.2, 0.25) is 0 Å². The van der Waals surface area contributed by atoms with E-state index in [0.717, 1.165) is 17.8 Å². The number of nitrogens with zero attached hydrogens (tertiary/aromatic N) is 3. The monoisotopic (exact) mass is 232 g/mol. The molecule has 2 rings (SSSR count). The molecule has 2 N–H and O–H groups in total. The molecule has 17 heavy (non-hydrogen) atoms. The van der Waals surface area contributed by atoms with Crippen LogP contribution in [0.1, 0.15) is 44.1 Å². The third-order valence-corrected chi connectivity index (χ3v) is 2.84. The van der Waals surface area contributed by atoms with Gasteiger partial charge < -0.3 is 10.3 Å². The fraction of sp³-hybridized carbons (Fsp3) is 0.462. The van der Waals surface area contributed by atoms with E-state index in [1.54, 1.807) is 0 Å². The summed E-state index contributed by atoms with van der Waals surface area (Å²) in [6.07, 6.45) is 6.15. The van der Waals surface area contributed by atoms with Crippen molar-refractivity contribution in [2.75, 3.05) is 0 Å². The highest BCUT2D eigenvalue weighted by atomic mass is 15.3. The highest BCUT2D eigenvalue weighted by Gasteiger charge is 2.05. The Morgan fingerprint density at radius 2 is 2.00 bits per heavy atom. The third-order valence-electron chi connectivity index (χ3n) is 2.84. The van der Waals surface area contributed by atoms with E-state index in [-0.39, 0.29) is 6.04 Å². The van der Waals surface area contributed by atoms with Crippen LogP contribution < -0.4 is 5.73 Å². The second kappa shape index (κ2) is 4.75. The molecule has 0 spiro atoms. The second-order valence-electron chi connectivity index (χ2n) is 4.79. The van der Waals surface area contributed by atoms with Crippen molar-refractivity contribution in [1.82, 2.24) is 14.3 Å². The summed E-state index contributed by atoms with van der Waals surface area (Å²) in [7, 11) is 0. The van der Waals surface area contributed by atoms with Gasteiger partial charge in [0.2, 0.25) is 0 Å². The van der Waals surface area contributed by atoms with E-state index in [1.807, 2.05) is 24.0 Å². The number of nitrogens with two attached hydrogens (primary N) is 1. The Kier molecular flexibility index (Phi) is 3.33. The van der Waals surface area contributed by atoms with Crippen molar-refractivity contribution < 1.29 is 0 Å². The van der Waals surface area contributed by atoms with Gasteiger partial charge in [0, 0.05) is 30.7 Å². The number of hydrogen-bond acceptors (Lipinski definition) is 2. The molecule has 0 saturated carbocycles. The van der Waals surface area contributed by atoms with Crippen LogP contribution in [0, 0.1) is 0 Å². The standard InChI is InChI=1S/C13H20N4/c1-10(2)17-7-5-13(15-17)9-16-6-4-12(8-16)11(3)14/h4-8,10-11H,9,14H2,1-3H3. The van der Waals surface area contributed by atoms with Crippen LogP contribution in [0.5, 0.6) is 0 Å². The van der Waals surface area contributed by atoms with E-state index in [2.05, 4.69) is 41.8 Å². The summed E-state index contributed by atoms with van der Waals surface area (Å²) in [6, 6.07) is 4.62. The average molecular weight is 232 g/mol. The van der Waals surface area contributed by atoms with E-state index < -0.39 is 0 Å². The zero-order valence-corrected chi connectivity index (χ0v) is 10.7. The number of rotatable bonds is 4. The molecule has 0 aromatic carbocycles. The lowest BCUT2D eigenvalue weighted by Gasteiger charge is -2.04. The molecule has 2 aromatic rings. The van der Waals surface area contributed by atoms with E-state index in [4.69, 9.17) is 5.73 Å². The van der Waals surface area contributed by atoms with E-state index in [1.165, 1.54) is 0 Å². The minimum absolute atomic E-state index is 0.0875. The van der Waals surface area contributed by atoms with Crippen LogP contribution in [0.4, 0.5) is 0 Å². The van der Waals surface area contributed by atoms with Crippen molar-refractivity contribution in [3.63, 3.8) is 0 Å². The summed E-state index contributed by atoms with van der Waals surface area (Å²) in [5.41, 5.74) is 8.07. The summed E-state index contributed by atoms with van der Waals surface area (Å²) >= 11 is 0. The molecular formula is C13H20N4. The number of aromatic nitrogens is 3. The Balaban J connectivity index is 2.08. The van der Waals surface area contributed by atoms with Crippen LogP contribution in [0.25, 0.3) is 0 Å². The van der Waals surface area contributed by atoms with Crippen molar-refractivity contribution in [3.8, 4) is 0 Å². The van der Waals surface area contributed by atoms with Gasteiger partial charge in [0.1, 0.15) is 0 Å². The second-order valence-corrected chi connectivity index (χ2v) is 4.79. The summed E-state index contributed by atoms with van der Waals surface area (Å²) in [5, 5.41) is 4.52. The SMILES string of the molecule is CC(N)c1ccn(Cc2ccn(C(C)C)n2)c1. The maximum atomic E-state index is 5.83. The van der Waals surface area contributed by atoms with Crippen molar-refractivity contribution in [2.45, 2.75) is 39.4 Å². The Bertz CT molecular complexity index is 435. The van der Waals surface area contributed by atoms with E-state index >= 15 is 0 Å². The first kappa shape index (κ1) is 11.9. The molecule has 1 unspecified atom stereocenters. The predicted molar refractivity (Wildman–Crippen MR) is 68.7 cm³/mol. The van der Waals surface area contributed by atoms with Gasteiger partial charge in [-0.15, -0.1) is 0 Å². The molecule has 92 valence electrons. The van der Waals surface area contributed by atoms with Gasteiger partial charge in [-0.3, -0.25) is 4.68 Å². The van der Waals surface area contributed by atoms with Gasteiger partial charge in [0.25, 0.3) is 0 Å². The zero-order valence-electron chi connectivity index (χ0n) is 10.7. The molecule has 0 radical (unpaired) electrons. The molecule has 4 heteroatoms. The topological polar surface area (TPSA) is 48.8 Å². The van der Waals surface area contributed by atoms with Gasteiger partial charge in [-0.05, 0) is 38.5 Å². The van der Waals surface area contributed by atoms with Crippen LogP contribution >= 0.6 is 0 Å². The van der Waals surface area contributed by atoms with Gasteiger partial charge in [-0.1, -0.05) is 0 Å². The maximum Gasteiger partial charge on any atom is 0.0821 e. The molecule has 2 heterocycles. The lowest BCUT2D eigenvalue weighted by atomic mass is 10.2. The molecule has 4 nitrogen and oxygen atoms in total. The van der Waals surface area contributed by atoms with Crippen LogP contribution in [-0.4, -0.2) is 14.3 Å². The Morgan fingerprint density at radius 3 is 2.53 bits per heavy atom. The maximum absolute atomic E-state index is 5.83. The van der Waals surface area contributed by atoms with Gasteiger partial charge >= 0.3 is 0 Å². The molecule has 0 bridgehead atoms. The molecule has 0 aliphatic carbocycles. The van der Waals surface area contributed by atoms with Gasteiger partial charge in [-0.2, -0.15) is 5.10 Å². The van der Waals surface area contributed by atoms with Crippen molar-refractivity contribution >= 4 is 0 Å². The first-order valence-electron chi connectivity index (χ1n) is 6.01. The van der Waals surface area contributed by atoms with Crippen LogP contribution in [0.15, 0.2) is 30.7 Å². The summed E-state index contributed by atoms with van der Waals surface area (Å²) in [4.78, 5) is 0.